The van der Waals surface area contributed by atoms with Gasteiger partial charge in [-0.15, -0.1) is 0 Å². The fourth-order valence-corrected chi connectivity index (χ4v) is 1.51. The van der Waals surface area contributed by atoms with Crippen molar-refractivity contribution < 1.29 is 18.6 Å². The molecule has 1 rings (SSSR count). The average molecular weight is 263 g/mol. The van der Waals surface area contributed by atoms with Gasteiger partial charge in [-0.05, 0) is 26.0 Å². The van der Waals surface area contributed by atoms with Crippen LogP contribution in [-0.4, -0.2) is 26.1 Å². The summed E-state index contributed by atoms with van der Waals surface area (Å²) in [5.41, 5.74) is 0. The van der Waals surface area contributed by atoms with Crippen molar-refractivity contribution >= 4 is 11.6 Å². The molecule has 0 aliphatic carbocycles. The van der Waals surface area contributed by atoms with Gasteiger partial charge in [0.1, 0.15) is 6.61 Å². The van der Waals surface area contributed by atoms with E-state index in [1.807, 2.05) is 13.8 Å². The molecule has 96 valence electrons. The zero-order valence-electron chi connectivity index (χ0n) is 9.91. The van der Waals surface area contributed by atoms with Crippen LogP contribution >= 0.6 is 11.6 Å². The Labute approximate surface area is 105 Å². The summed E-state index contributed by atoms with van der Waals surface area (Å²) >= 11 is 5.82. The van der Waals surface area contributed by atoms with E-state index in [1.165, 1.54) is 12.1 Å². The van der Waals surface area contributed by atoms with E-state index < -0.39 is 12.1 Å². The monoisotopic (exact) mass is 262 g/mol. The van der Waals surface area contributed by atoms with Crippen molar-refractivity contribution in [3.63, 3.8) is 0 Å². The maximum atomic E-state index is 13.4. The molecule has 0 bridgehead atoms. The molecule has 0 aliphatic heterocycles. The first kappa shape index (κ1) is 14.2. The first-order valence-electron chi connectivity index (χ1n) is 5.49. The van der Waals surface area contributed by atoms with Gasteiger partial charge < -0.3 is 14.2 Å². The Morgan fingerprint density at radius 1 is 1.24 bits per heavy atom. The van der Waals surface area contributed by atoms with E-state index in [4.69, 9.17) is 25.8 Å². The molecular weight excluding hydrogens is 247 g/mol. The number of hydrogen-bond donors (Lipinski definition) is 0. The number of para-hydroxylation sites is 1. The minimum absolute atomic E-state index is 0.0265. The van der Waals surface area contributed by atoms with E-state index in [0.29, 0.717) is 13.2 Å². The van der Waals surface area contributed by atoms with Gasteiger partial charge in [-0.3, -0.25) is 0 Å². The maximum absolute atomic E-state index is 13.4. The van der Waals surface area contributed by atoms with Crippen LogP contribution in [0.25, 0.3) is 0 Å². The Bertz CT molecular complexity index is 320. The van der Waals surface area contributed by atoms with E-state index in [-0.39, 0.29) is 17.4 Å². The average Bonchev–Trinajstić information content (AvgIpc) is 2.29. The minimum Gasteiger partial charge on any atom is -0.484 e. The van der Waals surface area contributed by atoms with Crippen molar-refractivity contribution in [2.24, 2.45) is 0 Å². The lowest BCUT2D eigenvalue weighted by molar-refractivity contribution is -0.152. The van der Waals surface area contributed by atoms with E-state index in [9.17, 15) is 4.39 Å². The summed E-state index contributed by atoms with van der Waals surface area (Å²) in [6.07, 6.45) is -0.513. The minimum atomic E-state index is -0.513. The molecule has 0 spiro atoms. The van der Waals surface area contributed by atoms with Crippen LogP contribution in [-0.2, 0) is 9.47 Å². The summed E-state index contributed by atoms with van der Waals surface area (Å²) in [6.45, 7) is 4.80. The normalized spacial score (nSPS) is 10.9. The number of ether oxygens (including phenoxy) is 3. The highest BCUT2D eigenvalue weighted by molar-refractivity contribution is 6.32. The molecule has 0 fully saturated rings. The summed E-state index contributed by atoms with van der Waals surface area (Å²) in [6, 6.07) is 4.38. The molecule has 0 saturated heterocycles. The standard InChI is InChI=1S/C12H16ClFO3/c1-3-15-11(16-4-2)8-17-12-9(13)6-5-7-10(12)14/h5-7,11H,3-4,8H2,1-2H3. The van der Waals surface area contributed by atoms with Crippen molar-refractivity contribution in [3.8, 4) is 5.75 Å². The van der Waals surface area contributed by atoms with Crippen LogP contribution in [0, 0.1) is 5.82 Å². The molecule has 3 nitrogen and oxygen atoms in total. The molecule has 0 radical (unpaired) electrons. The maximum Gasteiger partial charge on any atom is 0.191 e. The first-order valence-corrected chi connectivity index (χ1v) is 5.86. The lowest BCUT2D eigenvalue weighted by Gasteiger charge is -2.18. The first-order chi connectivity index (χ1) is 8.19. The van der Waals surface area contributed by atoms with Gasteiger partial charge in [0.15, 0.2) is 17.9 Å². The Hall–Kier alpha value is -0.840. The molecule has 17 heavy (non-hydrogen) atoms. The van der Waals surface area contributed by atoms with Crippen molar-refractivity contribution in [2.75, 3.05) is 19.8 Å². The summed E-state index contributed by atoms with van der Waals surface area (Å²) in [5, 5.41) is 0.233. The molecule has 0 aromatic heterocycles. The summed E-state index contributed by atoms with van der Waals surface area (Å²) in [5.74, 6) is -0.470. The molecule has 0 heterocycles. The molecule has 0 unspecified atom stereocenters. The summed E-state index contributed by atoms with van der Waals surface area (Å²) in [7, 11) is 0. The topological polar surface area (TPSA) is 27.7 Å². The van der Waals surface area contributed by atoms with Gasteiger partial charge in [0, 0.05) is 13.2 Å². The van der Waals surface area contributed by atoms with Crippen molar-refractivity contribution in [1.82, 2.24) is 0 Å². The second-order valence-electron chi connectivity index (χ2n) is 3.20. The summed E-state index contributed by atoms with van der Waals surface area (Å²) < 4.78 is 29.2. The SMILES string of the molecule is CCOC(COc1c(F)cccc1Cl)OCC. The fourth-order valence-electron chi connectivity index (χ4n) is 1.29. The lowest BCUT2D eigenvalue weighted by Crippen LogP contribution is -2.25. The molecule has 1 aromatic rings. The largest absolute Gasteiger partial charge is 0.484 e. The van der Waals surface area contributed by atoms with Gasteiger partial charge in [0.2, 0.25) is 0 Å². The Morgan fingerprint density at radius 3 is 2.41 bits per heavy atom. The van der Waals surface area contributed by atoms with Crippen LogP contribution in [0.2, 0.25) is 5.02 Å². The van der Waals surface area contributed by atoms with Gasteiger partial charge >= 0.3 is 0 Å². The Kier molecular flexibility index (Phi) is 6.26. The van der Waals surface area contributed by atoms with E-state index in [1.54, 1.807) is 6.07 Å². The van der Waals surface area contributed by atoms with Crippen molar-refractivity contribution in [2.45, 2.75) is 20.1 Å². The quantitative estimate of drug-likeness (QED) is 0.706. The van der Waals surface area contributed by atoms with Crippen LogP contribution < -0.4 is 4.74 Å². The second-order valence-corrected chi connectivity index (χ2v) is 3.61. The third-order valence-corrected chi connectivity index (χ3v) is 2.29. The Morgan fingerprint density at radius 2 is 1.88 bits per heavy atom. The van der Waals surface area contributed by atoms with Crippen LogP contribution in [0.5, 0.6) is 5.75 Å². The Balaban J connectivity index is 2.58. The molecule has 0 aliphatic rings. The van der Waals surface area contributed by atoms with Crippen LogP contribution in [0.15, 0.2) is 18.2 Å². The van der Waals surface area contributed by atoms with Gasteiger partial charge in [-0.25, -0.2) is 4.39 Å². The number of rotatable bonds is 7. The van der Waals surface area contributed by atoms with Gasteiger partial charge in [0.25, 0.3) is 0 Å². The molecular formula is C12H16ClFO3. The second kappa shape index (κ2) is 7.48. The van der Waals surface area contributed by atoms with Crippen LogP contribution in [0.4, 0.5) is 4.39 Å². The smallest absolute Gasteiger partial charge is 0.191 e. The number of hydrogen-bond acceptors (Lipinski definition) is 3. The third kappa shape index (κ3) is 4.50. The molecule has 5 heteroatoms. The van der Waals surface area contributed by atoms with E-state index in [0.717, 1.165) is 0 Å². The highest BCUT2D eigenvalue weighted by Gasteiger charge is 2.13. The highest BCUT2D eigenvalue weighted by Crippen LogP contribution is 2.27. The molecule has 0 amide bonds. The van der Waals surface area contributed by atoms with Gasteiger partial charge in [-0.1, -0.05) is 17.7 Å². The molecule has 0 atom stereocenters. The van der Waals surface area contributed by atoms with Gasteiger partial charge in [-0.2, -0.15) is 0 Å². The van der Waals surface area contributed by atoms with Gasteiger partial charge in [0.05, 0.1) is 5.02 Å². The predicted molar refractivity (Wildman–Crippen MR) is 63.9 cm³/mol. The van der Waals surface area contributed by atoms with E-state index in [2.05, 4.69) is 0 Å². The zero-order chi connectivity index (χ0) is 12.7. The predicted octanol–water partition coefficient (Wildman–Crippen LogP) is 3.26. The van der Waals surface area contributed by atoms with E-state index >= 15 is 0 Å². The number of halogens is 2. The molecule has 1 aromatic carbocycles. The fraction of sp³-hybridized carbons (Fsp3) is 0.500. The third-order valence-electron chi connectivity index (χ3n) is 1.99. The molecule has 0 N–H and O–H groups in total. The molecule has 0 saturated carbocycles. The lowest BCUT2D eigenvalue weighted by atomic mass is 10.3. The van der Waals surface area contributed by atoms with Crippen LogP contribution in [0.3, 0.4) is 0 Å². The number of benzene rings is 1. The zero-order valence-corrected chi connectivity index (χ0v) is 10.7. The highest BCUT2D eigenvalue weighted by atomic mass is 35.5. The summed E-state index contributed by atoms with van der Waals surface area (Å²) in [4.78, 5) is 0. The van der Waals surface area contributed by atoms with Crippen LogP contribution in [0.1, 0.15) is 13.8 Å². The van der Waals surface area contributed by atoms with Crippen molar-refractivity contribution in [3.05, 3.63) is 29.0 Å². The van der Waals surface area contributed by atoms with Crippen molar-refractivity contribution in [1.29, 1.82) is 0 Å².